The van der Waals surface area contributed by atoms with Crippen LogP contribution in [0.1, 0.15) is 0 Å². The fourth-order valence-electron chi connectivity index (χ4n) is 0.701. The summed E-state index contributed by atoms with van der Waals surface area (Å²) in [6.45, 7) is 0. The summed E-state index contributed by atoms with van der Waals surface area (Å²) in [6.07, 6.45) is 0. The standard InChI is InChI=1S/C6H6BrNO3S/c7-5-2-1-3-6(4-5)8-12(9,10)11/h1-4,8H,(H,9,10,11). The summed E-state index contributed by atoms with van der Waals surface area (Å²) in [4.78, 5) is 0. The van der Waals surface area contributed by atoms with Gasteiger partial charge in [-0.25, -0.2) is 0 Å². The van der Waals surface area contributed by atoms with Gasteiger partial charge < -0.3 is 0 Å². The summed E-state index contributed by atoms with van der Waals surface area (Å²) in [5.41, 5.74) is 0.312. The summed E-state index contributed by atoms with van der Waals surface area (Å²) in [5, 5.41) is 0. The first-order valence-corrected chi connectivity index (χ1v) is 5.21. The Balaban J connectivity index is 2.91. The minimum atomic E-state index is -4.16. The summed E-state index contributed by atoms with van der Waals surface area (Å²) in [7, 11) is -4.16. The molecule has 1 aromatic rings. The van der Waals surface area contributed by atoms with Crippen molar-refractivity contribution in [3.63, 3.8) is 0 Å². The van der Waals surface area contributed by atoms with Gasteiger partial charge in [-0.15, -0.1) is 0 Å². The SMILES string of the molecule is O=S(=O)(O)Nc1cccc(Br)c1. The number of benzene rings is 1. The molecular formula is C6H6BrNO3S. The van der Waals surface area contributed by atoms with E-state index < -0.39 is 10.3 Å². The van der Waals surface area contributed by atoms with Crippen LogP contribution in [0.15, 0.2) is 28.7 Å². The van der Waals surface area contributed by atoms with Crippen molar-refractivity contribution in [3.8, 4) is 0 Å². The van der Waals surface area contributed by atoms with E-state index in [4.69, 9.17) is 4.55 Å². The molecule has 4 nitrogen and oxygen atoms in total. The maximum absolute atomic E-state index is 10.3. The lowest BCUT2D eigenvalue weighted by Gasteiger charge is -2.01. The van der Waals surface area contributed by atoms with Crippen molar-refractivity contribution in [1.82, 2.24) is 0 Å². The third-order valence-corrected chi connectivity index (χ3v) is 2.06. The molecule has 0 radical (unpaired) electrons. The molecule has 66 valence electrons. The largest absolute Gasteiger partial charge is 0.357 e. The number of halogens is 1. The number of hydrogen-bond donors (Lipinski definition) is 2. The zero-order valence-electron chi connectivity index (χ0n) is 5.86. The van der Waals surface area contributed by atoms with Gasteiger partial charge in [-0.3, -0.25) is 9.27 Å². The monoisotopic (exact) mass is 251 g/mol. The molecule has 0 unspecified atom stereocenters. The first-order valence-electron chi connectivity index (χ1n) is 2.98. The molecule has 0 saturated heterocycles. The van der Waals surface area contributed by atoms with Crippen molar-refractivity contribution in [3.05, 3.63) is 28.7 Å². The molecule has 2 N–H and O–H groups in total. The fourth-order valence-corrected chi connectivity index (χ4v) is 1.52. The lowest BCUT2D eigenvalue weighted by Crippen LogP contribution is -2.09. The average molecular weight is 252 g/mol. The molecule has 0 atom stereocenters. The van der Waals surface area contributed by atoms with Gasteiger partial charge in [0.1, 0.15) is 0 Å². The van der Waals surface area contributed by atoms with E-state index >= 15 is 0 Å². The predicted molar refractivity (Wildman–Crippen MR) is 49.3 cm³/mol. The van der Waals surface area contributed by atoms with E-state index in [1.54, 1.807) is 12.1 Å². The molecule has 0 spiro atoms. The van der Waals surface area contributed by atoms with Gasteiger partial charge in [0.15, 0.2) is 0 Å². The van der Waals surface area contributed by atoms with Gasteiger partial charge in [0.05, 0.1) is 5.69 Å². The highest BCUT2D eigenvalue weighted by Gasteiger charge is 2.02. The molecule has 0 aliphatic heterocycles. The van der Waals surface area contributed by atoms with Gasteiger partial charge in [-0.2, -0.15) is 8.42 Å². The molecule has 0 aliphatic rings. The van der Waals surface area contributed by atoms with Crippen LogP contribution in [0.25, 0.3) is 0 Å². The Hall–Kier alpha value is -0.590. The molecule has 1 rings (SSSR count). The second-order valence-corrected chi connectivity index (χ2v) is 4.16. The van der Waals surface area contributed by atoms with Gasteiger partial charge in [0, 0.05) is 4.47 Å². The Morgan fingerprint density at radius 3 is 2.58 bits per heavy atom. The van der Waals surface area contributed by atoms with Crippen LogP contribution >= 0.6 is 15.9 Å². The third-order valence-electron chi connectivity index (χ3n) is 1.07. The summed E-state index contributed by atoms with van der Waals surface area (Å²) >= 11 is 3.15. The smallest absolute Gasteiger partial charge is 0.269 e. The highest BCUT2D eigenvalue weighted by molar-refractivity contribution is 9.10. The maximum Gasteiger partial charge on any atom is 0.357 e. The summed E-state index contributed by atoms with van der Waals surface area (Å²) in [6, 6.07) is 6.46. The molecule has 0 heterocycles. The van der Waals surface area contributed by atoms with Crippen molar-refractivity contribution >= 4 is 31.9 Å². The number of rotatable bonds is 2. The highest BCUT2D eigenvalue weighted by atomic mass is 79.9. The highest BCUT2D eigenvalue weighted by Crippen LogP contribution is 2.15. The van der Waals surface area contributed by atoms with Crippen molar-refractivity contribution in [1.29, 1.82) is 0 Å². The Bertz CT molecular complexity index is 376. The normalized spacial score (nSPS) is 11.2. The minimum absolute atomic E-state index is 0.312. The third kappa shape index (κ3) is 3.21. The minimum Gasteiger partial charge on any atom is -0.269 e. The Kier molecular flexibility index (Phi) is 2.71. The molecule has 0 fully saturated rings. The molecule has 0 amide bonds. The van der Waals surface area contributed by atoms with Crippen LogP contribution in [0, 0.1) is 0 Å². The van der Waals surface area contributed by atoms with Gasteiger partial charge in [-0.1, -0.05) is 22.0 Å². The molecule has 6 heteroatoms. The predicted octanol–water partition coefficient (Wildman–Crippen LogP) is 1.66. The molecule has 0 aliphatic carbocycles. The maximum atomic E-state index is 10.3. The second kappa shape index (κ2) is 3.42. The van der Waals surface area contributed by atoms with E-state index in [1.807, 2.05) is 4.72 Å². The van der Waals surface area contributed by atoms with Crippen LogP contribution < -0.4 is 4.72 Å². The van der Waals surface area contributed by atoms with Crippen LogP contribution in [0.5, 0.6) is 0 Å². The van der Waals surface area contributed by atoms with Crippen LogP contribution in [-0.2, 0) is 10.3 Å². The van der Waals surface area contributed by atoms with Gasteiger partial charge >= 0.3 is 10.3 Å². The zero-order chi connectivity index (χ0) is 9.19. The van der Waals surface area contributed by atoms with E-state index in [2.05, 4.69) is 15.9 Å². The lowest BCUT2D eigenvalue weighted by atomic mass is 10.3. The number of hydrogen-bond acceptors (Lipinski definition) is 2. The van der Waals surface area contributed by atoms with E-state index in [0.29, 0.717) is 5.69 Å². The quantitative estimate of drug-likeness (QED) is 0.786. The van der Waals surface area contributed by atoms with E-state index in [9.17, 15) is 8.42 Å². The molecule has 0 aromatic heterocycles. The van der Waals surface area contributed by atoms with Crippen molar-refractivity contribution < 1.29 is 13.0 Å². The van der Waals surface area contributed by atoms with Gasteiger partial charge in [0.2, 0.25) is 0 Å². The second-order valence-electron chi connectivity index (χ2n) is 2.09. The molecule has 0 saturated carbocycles. The Labute approximate surface area is 78.6 Å². The first kappa shape index (κ1) is 9.50. The topological polar surface area (TPSA) is 66.4 Å². The van der Waals surface area contributed by atoms with Crippen molar-refractivity contribution in [2.75, 3.05) is 4.72 Å². The molecular weight excluding hydrogens is 246 g/mol. The van der Waals surface area contributed by atoms with E-state index in [-0.39, 0.29) is 0 Å². The number of nitrogens with one attached hydrogen (secondary N) is 1. The average Bonchev–Trinajstić information content (AvgIpc) is 1.82. The van der Waals surface area contributed by atoms with E-state index in [1.165, 1.54) is 12.1 Å². The van der Waals surface area contributed by atoms with Crippen molar-refractivity contribution in [2.45, 2.75) is 0 Å². The summed E-state index contributed by atoms with van der Waals surface area (Å²) in [5.74, 6) is 0. The zero-order valence-corrected chi connectivity index (χ0v) is 8.26. The van der Waals surface area contributed by atoms with Crippen molar-refractivity contribution in [2.24, 2.45) is 0 Å². The summed E-state index contributed by atoms with van der Waals surface area (Å²) < 4.78 is 31.7. The van der Waals surface area contributed by atoms with Gasteiger partial charge in [-0.05, 0) is 18.2 Å². The fraction of sp³-hybridized carbons (Fsp3) is 0. The van der Waals surface area contributed by atoms with Crippen LogP contribution in [0.4, 0.5) is 5.69 Å². The Morgan fingerprint density at radius 1 is 1.42 bits per heavy atom. The Morgan fingerprint density at radius 2 is 2.08 bits per heavy atom. The first-order chi connectivity index (χ1) is 5.47. The molecule has 12 heavy (non-hydrogen) atoms. The van der Waals surface area contributed by atoms with E-state index in [0.717, 1.165) is 4.47 Å². The lowest BCUT2D eigenvalue weighted by molar-refractivity contribution is 0.490. The van der Waals surface area contributed by atoms with Crippen LogP contribution in [0.3, 0.4) is 0 Å². The molecule has 0 bridgehead atoms. The number of anilines is 1. The van der Waals surface area contributed by atoms with Crippen LogP contribution in [-0.4, -0.2) is 13.0 Å². The van der Waals surface area contributed by atoms with Crippen LogP contribution in [0.2, 0.25) is 0 Å². The van der Waals surface area contributed by atoms with Gasteiger partial charge in [0.25, 0.3) is 0 Å². The molecule has 1 aromatic carbocycles.